The van der Waals surface area contributed by atoms with Gasteiger partial charge in [0.05, 0.1) is 0 Å². The zero-order chi connectivity index (χ0) is 10.0. The van der Waals surface area contributed by atoms with Gasteiger partial charge in [0.2, 0.25) is 0 Å². The Morgan fingerprint density at radius 3 is 2.36 bits per heavy atom. The SMILES string of the molecule is CC(F)(C1CCCCC1)C1CCNC1. The summed E-state index contributed by atoms with van der Waals surface area (Å²) in [5.74, 6) is 0.603. The van der Waals surface area contributed by atoms with Crippen LogP contribution < -0.4 is 5.32 Å². The van der Waals surface area contributed by atoms with Crippen LogP contribution in [0, 0.1) is 11.8 Å². The summed E-state index contributed by atoms with van der Waals surface area (Å²) in [4.78, 5) is 0. The van der Waals surface area contributed by atoms with Crippen LogP contribution in [0.15, 0.2) is 0 Å². The van der Waals surface area contributed by atoms with Crippen molar-refractivity contribution < 1.29 is 4.39 Å². The van der Waals surface area contributed by atoms with Gasteiger partial charge in [-0.2, -0.15) is 0 Å². The summed E-state index contributed by atoms with van der Waals surface area (Å²) in [5.41, 5.74) is -0.913. The standard InChI is InChI=1S/C12H22FN/c1-12(13,11-7-8-14-9-11)10-5-3-2-4-6-10/h10-11,14H,2-9H2,1H3. The molecule has 2 heteroatoms. The summed E-state index contributed by atoms with van der Waals surface area (Å²) < 4.78 is 14.6. The van der Waals surface area contributed by atoms with Gasteiger partial charge in [0.15, 0.2) is 0 Å². The van der Waals surface area contributed by atoms with Gasteiger partial charge in [-0.05, 0) is 38.6 Å². The smallest absolute Gasteiger partial charge is 0.115 e. The molecule has 14 heavy (non-hydrogen) atoms. The summed E-state index contributed by atoms with van der Waals surface area (Å²) in [6, 6.07) is 0. The third-order valence-corrected chi connectivity index (χ3v) is 4.26. The maximum absolute atomic E-state index is 14.6. The molecule has 0 aromatic heterocycles. The number of alkyl halides is 1. The third-order valence-electron chi connectivity index (χ3n) is 4.26. The molecule has 2 atom stereocenters. The van der Waals surface area contributed by atoms with Crippen LogP contribution in [-0.2, 0) is 0 Å². The summed E-state index contributed by atoms with van der Waals surface area (Å²) in [6.07, 6.45) is 7.06. The molecule has 1 N–H and O–H groups in total. The van der Waals surface area contributed by atoms with Crippen LogP contribution in [0.4, 0.5) is 4.39 Å². The van der Waals surface area contributed by atoms with Crippen molar-refractivity contribution in [2.24, 2.45) is 11.8 Å². The minimum Gasteiger partial charge on any atom is -0.316 e. The molecule has 0 radical (unpaired) electrons. The van der Waals surface area contributed by atoms with Gasteiger partial charge in [0.1, 0.15) is 5.67 Å². The highest BCUT2D eigenvalue weighted by molar-refractivity contribution is 4.94. The summed E-state index contributed by atoms with van der Waals surface area (Å²) in [7, 11) is 0. The van der Waals surface area contributed by atoms with Gasteiger partial charge in [0.25, 0.3) is 0 Å². The number of nitrogens with one attached hydrogen (secondary N) is 1. The molecule has 1 heterocycles. The predicted octanol–water partition coefficient (Wildman–Crippen LogP) is 2.90. The van der Waals surface area contributed by atoms with Crippen LogP contribution >= 0.6 is 0 Å². The Hall–Kier alpha value is -0.110. The Bertz CT molecular complexity index is 179. The van der Waals surface area contributed by atoms with Gasteiger partial charge in [-0.1, -0.05) is 19.3 Å². The molecule has 1 aliphatic carbocycles. The molecule has 1 aliphatic heterocycles. The van der Waals surface area contributed by atoms with Crippen LogP contribution in [0.2, 0.25) is 0 Å². The molecular formula is C12H22FN. The van der Waals surface area contributed by atoms with E-state index in [-0.39, 0.29) is 5.92 Å². The van der Waals surface area contributed by atoms with E-state index in [0.29, 0.717) is 5.92 Å². The van der Waals surface area contributed by atoms with Crippen molar-refractivity contribution in [2.45, 2.75) is 51.1 Å². The Labute approximate surface area is 86.5 Å². The molecule has 0 aromatic carbocycles. The van der Waals surface area contributed by atoms with E-state index in [1.165, 1.54) is 19.3 Å². The minimum atomic E-state index is -0.913. The fraction of sp³-hybridized carbons (Fsp3) is 1.00. The fourth-order valence-electron chi connectivity index (χ4n) is 3.14. The summed E-state index contributed by atoms with van der Waals surface area (Å²) >= 11 is 0. The molecule has 1 nitrogen and oxygen atoms in total. The lowest BCUT2D eigenvalue weighted by Gasteiger charge is -2.37. The zero-order valence-corrected chi connectivity index (χ0v) is 9.19. The van der Waals surface area contributed by atoms with Crippen molar-refractivity contribution in [1.82, 2.24) is 5.32 Å². The van der Waals surface area contributed by atoms with Crippen molar-refractivity contribution in [3.05, 3.63) is 0 Å². The van der Waals surface area contributed by atoms with E-state index in [1.54, 1.807) is 0 Å². The van der Waals surface area contributed by atoms with Crippen LogP contribution in [0.5, 0.6) is 0 Å². The van der Waals surface area contributed by atoms with Gasteiger partial charge >= 0.3 is 0 Å². The normalized spacial score (nSPS) is 34.3. The molecule has 0 spiro atoms. The first-order valence-corrected chi connectivity index (χ1v) is 6.11. The summed E-state index contributed by atoms with van der Waals surface area (Å²) in [6.45, 7) is 3.75. The molecular weight excluding hydrogens is 177 g/mol. The second-order valence-corrected chi connectivity index (χ2v) is 5.18. The lowest BCUT2D eigenvalue weighted by atomic mass is 9.72. The Morgan fingerprint density at radius 2 is 1.79 bits per heavy atom. The second-order valence-electron chi connectivity index (χ2n) is 5.18. The van der Waals surface area contributed by atoms with E-state index in [1.807, 2.05) is 6.92 Å². The van der Waals surface area contributed by atoms with E-state index in [2.05, 4.69) is 5.32 Å². The molecule has 0 aromatic rings. The highest BCUT2D eigenvalue weighted by Crippen LogP contribution is 2.41. The molecule has 0 amide bonds. The van der Waals surface area contributed by atoms with E-state index in [9.17, 15) is 4.39 Å². The lowest BCUT2D eigenvalue weighted by molar-refractivity contribution is 0.0224. The average Bonchev–Trinajstić information content (AvgIpc) is 2.72. The first-order valence-electron chi connectivity index (χ1n) is 6.11. The van der Waals surface area contributed by atoms with E-state index in [0.717, 1.165) is 32.4 Å². The minimum absolute atomic E-state index is 0.269. The molecule has 2 unspecified atom stereocenters. The third kappa shape index (κ3) is 1.95. The van der Waals surface area contributed by atoms with Crippen molar-refractivity contribution in [3.63, 3.8) is 0 Å². The van der Waals surface area contributed by atoms with Gasteiger partial charge in [-0.15, -0.1) is 0 Å². The first kappa shape index (κ1) is 10.4. The number of hydrogen-bond donors (Lipinski definition) is 1. The Balaban J connectivity index is 1.97. The average molecular weight is 199 g/mol. The topological polar surface area (TPSA) is 12.0 Å². The van der Waals surface area contributed by atoms with E-state index < -0.39 is 5.67 Å². The van der Waals surface area contributed by atoms with Crippen LogP contribution in [0.3, 0.4) is 0 Å². The van der Waals surface area contributed by atoms with E-state index in [4.69, 9.17) is 0 Å². The molecule has 0 bridgehead atoms. The Kier molecular flexibility index (Phi) is 3.10. The van der Waals surface area contributed by atoms with Crippen molar-refractivity contribution in [2.75, 3.05) is 13.1 Å². The highest BCUT2D eigenvalue weighted by atomic mass is 19.1. The number of rotatable bonds is 2. The number of hydrogen-bond acceptors (Lipinski definition) is 1. The molecule has 2 rings (SSSR count). The molecule has 2 fully saturated rings. The lowest BCUT2D eigenvalue weighted by Crippen LogP contribution is -2.40. The quantitative estimate of drug-likeness (QED) is 0.721. The maximum atomic E-state index is 14.6. The molecule has 1 saturated heterocycles. The predicted molar refractivity (Wildman–Crippen MR) is 57.1 cm³/mol. The molecule has 2 aliphatic rings. The molecule has 82 valence electrons. The largest absolute Gasteiger partial charge is 0.316 e. The van der Waals surface area contributed by atoms with Crippen LogP contribution in [0.1, 0.15) is 45.4 Å². The second kappa shape index (κ2) is 4.18. The molecule has 1 saturated carbocycles. The van der Waals surface area contributed by atoms with Crippen molar-refractivity contribution >= 4 is 0 Å². The first-order chi connectivity index (χ1) is 6.71. The van der Waals surface area contributed by atoms with Crippen molar-refractivity contribution in [1.29, 1.82) is 0 Å². The monoisotopic (exact) mass is 199 g/mol. The fourth-order valence-corrected chi connectivity index (χ4v) is 3.14. The Morgan fingerprint density at radius 1 is 1.07 bits per heavy atom. The summed E-state index contributed by atoms with van der Waals surface area (Å²) in [5, 5.41) is 3.28. The van der Waals surface area contributed by atoms with E-state index >= 15 is 0 Å². The zero-order valence-electron chi connectivity index (χ0n) is 9.19. The van der Waals surface area contributed by atoms with Gasteiger partial charge in [-0.3, -0.25) is 0 Å². The maximum Gasteiger partial charge on any atom is 0.115 e. The highest BCUT2D eigenvalue weighted by Gasteiger charge is 2.42. The van der Waals surface area contributed by atoms with Crippen LogP contribution in [0.25, 0.3) is 0 Å². The van der Waals surface area contributed by atoms with Gasteiger partial charge in [-0.25, -0.2) is 4.39 Å². The van der Waals surface area contributed by atoms with Gasteiger partial charge in [0, 0.05) is 12.5 Å². The van der Waals surface area contributed by atoms with Crippen molar-refractivity contribution in [3.8, 4) is 0 Å². The van der Waals surface area contributed by atoms with Crippen LogP contribution in [-0.4, -0.2) is 18.8 Å². The number of halogens is 1. The van der Waals surface area contributed by atoms with Gasteiger partial charge < -0.3 is 5.32 Å².